The van der Waals surface area contributed by atoms with Crippen LogP contribution in [0.25, 0.3) is 0 Å². The zero-order chi connectivity index (χ0) is 11.6. The number of aromatic nitrogens is 2. The molecule has 0 spiro atoms. The lowest BCUT2D eigenvalue weighted by atomic mass is 9.92. The van der Waals surface area contributed by atoms with Crippen LogP contribution in [0.3, 0.4) is 0 Å². The van der Waals surface area contributed by atoms with E-state index >= 15 is 0 Å². The molecule has 1 saturated carbocycles. The molecule has 0 radical (unpaired) electrons. The molecule has 0 aromatic carbocycles. The Kier molecular flexibility index (Phi) is 3.33. The van der Waals surface area contributed by atoms with E-state index in [1.54, 1.807) is 0 Å². The first-order valence-electron chi connectivity index (χ1n) is 6.36. The number of hydrogen-bond acceptors (Lipinski definition) is 2. The third-order valence-corrected chi connectivity index (χ3v) is 3.66. The van der Waals surface area contributed by atoms with E-state index in [9.17, 15) is 0 Å². The van der Waals surface area contributed by atoms with Gasteiger partial charge in [0.2, 0.25) is 0 Å². The molecular weight excluding hydrogens is 198 g/mol. The van der Waals surface area contributed by atoms with E-state index in [2.05, 4.69) is 36.1 Å². The van der Waals surface area contributed by atoms with E-state index in [-0.39, 0.29) is 0 Å². The number of imidazole rings is 1. The van der Waals surface area contributed by atoms with Gasteiger partial charge in [0.1, 0.15) is 5.82 Å². The van der Waals surface area contributed by atoms with E-state index in [0.29, 0.717) is 17.5 Å². The number of H-pyrrole nitrogens is 1. The number of aromatic amines is 1. The fraction of sp³-hybridized carbons (Fsp3) is 0.769. The van der Waals surface area contributed by atoms with Gasteiger partial charge in [0, 0.05) is 18.4 Å². The lowest BCUT2D eigenvalue weighted by Crippen LogP contribution is -2.31. The molecule has 1 aliphatic rings. The molecule has 2 atom stereocenters. The SMILES string of the molecule is CCC(NC1CCC(C)(C)C1)c1ncc[nH]1. The van der Waals surface area contributed by atoms with E-state index in [4.69, 9.17) is 0 Å². The normalized spacial score (nSPS) is 25.8. The summed E-state index contributed by atoms with van der Waals surface area (Å²) in [4.78, 5) is 7.56. The van der Waals surface area contributed by atoms with Crippen molar-refractivity contribution >= 4 is 0 Å². The summed E-state index contributed by atoms with van der Waals surface area (Å²) in [6.07, 6.45) is 8.73. The lowest BCUT2D eigenvalue weighted by Gasteiger charge is -2.22. The molecule has 16 heavy (non-hydrogen) atoms. The minimum absolute atomic E-state index is 0.383. The summed E-state index contributed by atoms with van der Waals surface area (Å²) < 4.78 is 0. The van der Waals surface area contributed by atoms with Crippen molar-refractivity contribution in [1.82, 2.24) is 15.3 Å². The summed E-state index contributed by atoms with van der Waals surface area (Å²) in [7, 11) is 0. The summed E-state index contributed by atoms with van der Waals surface area (Å²) in [5.74, 6) is 1.08. The Morgan fingerprint density at radius 3 is 2.94 bits per heavy atom. The fourth-order valence-electron chi connectivity index (χ4n) is 2.72. The van der Waals surface area contributed by atoms with Crippen molar-refractivity contribution in [2.24, 2.45) is 5.41 Å². The summed E-state index contributed by atoms with van der Waals surface area (Å²) in [6.45, 7) is 6.94. The van der Waals surface area contributed by atoms with E-state index in [1.165, 1.54) is 19.3 Å². The third kappa shape index (κ3) is 2.64. The first-order chi connectivity index (χ1) is 7.61. The van der Waals surface area contributed by atoms with Crippen molar-refractivity contribution in [2.75, 3.05) is 0 Å². The highest BCUT2D eigenvalue weighted by atomic mass is 15.0. The van der Waals surface area contributed by atoms with E-state index in [0.717, 1.165) is 12.2 Å². The van der Waals surface area contributed by atoms with Crippen molar-refractivity contribution in [2.45, 2.75) is 58.5 Å². The molecule has 3 nitrogen and oxygen atoms in total. The van der Waals surface area contributed by atoms with Gasteiger partial charge in [-0.15, -0.1) is 0 Å². The highest BCUT2D eigenvalue weighted by Gasteiger charge is 2.32. The van der Waals surface area contributed by atoms with Gasteiger partial charge in [-0.3, -0.25) is 0 Å². The molecule has 1 fully saturated rings. The van der Waals surface area contributed by atoms with Gasteiger partial charge in [0.05, 0.1) is 6.04 Å². The second-order valence-corrected chi connectivity index (χ2v) is 5.71. The molecule has 1 heterocycles. The number of rotatable bonds is 4. The quantitative estimate of drug-likeness (QED) is 0.820. The van der Waals surface area contributed by atoms with Crippen molar-refractivity contribution in [3.05, 3.63) is 18.2 Å². The Morgan fingerprint density at radius 1 is 1.62 bits per heavy atom. The zero-order valence-corrected chi connectivity index (χ0v) is 10.6. The summed E-state index contributed by atoms with van der Waals surface area (Å²) >= 11 is 0. The maximum Gasteiger partial charge on any atom is 0.123 e. The van der Waals surface area contributed by atoms with Crippen molar-refractivity contribution in [3.8, 4) is 0 Å². The first kappa shape index (κ1) is 11.6. The van der Waals surface area contributed by atoms with Crippen LogP contribution in [-0.2, 0) is 0 Å². The number of nitrogens with one attached hydrogen (secondary N) is 2. The van der Waals surface area contributed by atoms with Gasteiger partial charge in [-0.1, -0.05) is 20.8 Å². The molecule has 0 bridgehead atoms. The predicted molar refractivity (Wildman–Crippen MR) is 66.2 cm³/mol. The molecular formula is C13H23N3. The highest BCUT2D eigenvalue weighted by molar-refractivity contribution is 4.98. The van der Waals surface area contributed by atoms with Gasteiger partial charge < -0.3 is 10.3 Å². The monoisotopic (exact) mass is 221 g/mol. The molecule has 2 rings (SSSR count). The van der Waals surface area contributed by atoms with E-state index < -0.39 is 0 Å². The topological polar surface area (TPSA) is 40.7 Å². The molecule has 1 aromatic rings. The third-order valence-electron chi connectivity index (χ3n) is 3.66. The second kappa shape index (κ2) is 4.58. The maximum atomic E-state index is 4.35. The minimum atomic E-state index is 0.383. The average molecular weight is 221 g/mol. The van der Waals surface area contributed by atoms with Gasteiger partial charge in [0.25, 0.3) is 0 Å². The fourth-order valence-corrected chi connectivity index (χ4v) is 2.72. The summed E-state index contributed by atoms with van der Waals surface area (Å²) in [5.41, 5.74) is 0.513. The highest BCUT2D eigenvalue weighted by Crippen LogP contribution is 2.37. The molecule has 0 amide bonds. The molecule has 2 unspecified atom stereocenters. The van der Waals surface area contributed by atoms with Crippen LogP contribution in [0.15, 0.2) is 12.4 Å². The van der Waals surface area contributed by atoms with Gasteiger partial charge in [-0.05, 0) is 31.1 Å². The predicted octanol–water partition coefficient (Wildman–Crippen LogP) is 3.03. The van der Waals surface area contributed by atoms with Crippen LogP contribution in [0, 0.1) is 5.41 Å². The van der Waals surface area contributed by atoms with Crippen LogP contribution >= 0.6 is 0 Å². The van der Waals surface area contributed by atoms with Crippen LogP contribution in [-0.4, -0.2) is 16.0 Å². The van der Waals surface area contributed by atoms with Crippen molar-refractivity contribution < 1.29 is 0 Å². The van der Waals surface area contributed by atoms with Gasteiger partial charge in [0.15, 0.2) is 0 Å². The Labute approximate surface area is 98.1 Å². The summed E-state index contributed by atoms with van der Waals surface area (Å²) in [5, 5.41) is 3.73. The van der Waals surface area contributed by atoms with Gasteiger partial charge >= 0.3 is 0 Å². The van der Waals surface area contributed by atoms with Crippen molar-refractivity contribution in [3.63, 3.8) is 0 Å². The largest absolute Gasteiger partial charge is 0.347 e. The van der Waals surface area contributed by atoms with Crippen molar-refractivity contribution in [1.29, 1.82) is 0 Å². The number of hydrogen-bond donors (Lipinski definition) is 2. The smallest absolute Gasteiger partial charge is 0.123 e. The van der Waals surface area contributed by atoms with E-state index in [1.807, 2.05) is 12.4 Å². The minimum Gasteiger partial charge on any atom is -0.347 e. The van der Waals surface area contributed by atoms with Crippen LogP contribution in [0.1, 0.15) is 58.3 Å². The molecule has 90 valence electrons. The second-order valence-electron chi connectivity index (χ2n) is 5.71. The molecule has 0 saturated heterocycles. The Hall–Kier alpha value is -0.830. The Balaban J connectivity index is 1.93. The zero-order valence-electron chi connectivity index (χ0n) is 10.6. The molecule has 0 aliphatic heterocycles. The average Bonchev–Trinajstić information content (AvgIpc) is 2.84. The van der Waals surface area contributed by atoms with Crippen LogP contribution in [0.5, 0.6) is 0 Å². The van der Waals surface area contributed by atoms with Gasteiger partial charge in [-0.25, -0.2) is 4.98 Å². The van der Waals surface area contributed by atoms with Crippen LogP contribution in [0.2, 0.25) is 0 Å². The molecule has 1 aromatic heterocycles. The Morgan fingerprint density at radius 2 is 2.44 bits per heavy atom. The molecule has 3 heteroatoms. The molecule has 1 aliphatic carbocycles. The van der Waals surface area contributed by atoms with Crippen LogP contribution < -0.4 is 5.32 Å². The lowest BCUT2D eigenvalue weighted by molar-refractivity contribution is 0.347. The first-order valence-corrected chi connectivity index (χ1v) is 6.36. The maximum absolute atomic E-state index is 4.35. The van der Waals surface area contributed by atoms with Crippen LogP contribution in [0.4, 0.5) is 0 Å². The summed E-state index contributed by atoms with van der Waals surface area (Å²) in [6, 6.07) is 1.04. The Bertz CT molecular complexity index is 316. The van der Waals surface area contributed by atoms with Gasteiger partial charge in [-0.2, -0.15) is 0 Å². The standard InChI is InChI=1S/C13H23N3/c1-4-11(12-14-7-8-15-12)16-10-5-6-13(2,3)9-10/h7-8,10-11,16H,4-6,9H2,1-3H3,(H,14,15). The molecule has 2 N–H and O–H groups in total. The number of nitrogens with zero attached hydrogens (tertiary/aromatic N) is 1.